The summed E-state index contributed by atoms with van der Waals surface area (Å²) in [5.41, 5.74) is 0.318. The molecule has 1 aromatic carbocycles. The van der Waals surface area contributed by atoms with Gasteiger partial charge in [-0.2, -0.15) is 0 Å². The Hall–Kier alpha value is -1.02. The van der Waals surface area contributed by atoms with E-state index in [1.54, 1.807) is 0 Å². The monoisotopic (exact) mass is 235 g/mol. The molecule has 0 amide bonds. The molecule has 96 valence electrons. The Morgan fingerprint density at radius 1 is 1.12 bits per heavy atom. The van der Waals surface area contributed by atoms with Crippen molar-refractivity contribution in [3.63, 3.8) is 0 Å². The van der Waals surface area contributed by atoms with Gasteiger partial charge in [0.05, 0.1) is 5.60 Å². The minimum Gasteiger partial charge on any atom is -0.390 e. The second kappa shape index (κ2) is 5.09. The summed E-state index contributed by atoms with van der Waals surface area (Å²) in [5, 5.41) is 13.9. The van der Waals surface area contributed by atoms with Crippen LogP contribution in [0.5, 0.6) is 0 Å². The third-order valence-corrected chi connectivity index (χ3v) is 3.51. The fourth-order valence-corrected chi connectivity index (χ4v) is 1.77. The van der Waals surface area contributed by atoms with E-state index >= 15 is 0 Å². The van der Waals surface area contributed by atoms with E-state index in [4.69, 9.17) is 0 Å². The SMILES string of the molecule is CC(CC(C)(O)C(C)(C)C)Nc1ccccc1. The van der Waals surface area contributed by atoms with Gasteiger partial charge in [-0.15, -0.1) is 0 Å². The van der Waals surface area contributed by atoms with Crippen molar-refractivity contribution in [2.24, 2.45) is 5.41 Å². The van der Waals surface area contributed by atoms with E-state index in [2.05, 4.69) is 33.0 Å². The highest BCUT2D eigenvalue weighted by molar-refractivity contribution is 5.43. The molecule has 0 aliphatic carbocycles. The van der Waals surface area contributed by atoms with Gasteiger partial charge in [0.15, 0.2) is 0 Å². The average molecular weight is 235 g/mol. The highest BCUT2D eigenvalue weighted by atomic mass is 16.3. The topological polar surface area (TPSA) is 32.3 Å². The lowest BCUT2D eigenvalue weighted by molar-refractivity contribution is -0.0502. The van der Waals surface area contributed by atoms with Crippen molar-refractivity contribution in [3.05, 3.63) is 30.3 Å². The molecule has 0 saturated heterocycles. The largest absolute Gasteiger partial charge is 0.390 e. The molecule has 2 heteroatoms. The summed E-state index contributed by atoms with van der Waals surface area (Å²) in [7, 11) is 0. The van der Waals surface area contributed by atoms with E-state index in [9.17, 15) is 5.11 Å². The van der Waals surface area contributed by atoms with Crippen molar-refractivity contribution in [1.29, 1.82) is 0 Å². The van der Waals surface area contributed by atoms with Crippen LogP contribution in [0.25, 0.3) is 0 Å². The normalized spacial score (nSPS) is 17.3. The molecule has 0 fully saturated rings. The number of benzene rings is 1. The third kappa shape index (κ3) is 4.04. The molecule has 0 aliphatic heterocycles. The van der Waals surface area contributed by atoms with Crippen molar-refractivity contribution in [2.45, 2.75) is 52.7 Å². The van der Waals surface area contributed by atoms with Crippen molar-refractivity contribution < 1.29 is 5.11 Å². The highest BCUT2D eigenvalue weighted by Gasteiger charge is 2.36. The van der Waals surface area contributed by atoms with E-state index in [0.717, 1.165) is 12.1 Å². The van der Waals surface area contributed by atoms with Crippen LogP contribution < -0.4 is 5.32 Å². The maximum absolute atomic E-state index is 10.5. The second-order valence-corrected chi connectivity index (χ2v) is 6.14. The number of hydrogen-bond acceptors (Lipinski definition) is 2. The predicted molar refractivity (Wildman–Crippen MR) is 74.2 cm³/mol. The van der Waals surface area contributed by atoms with Crippen molar-refractivity contribution in [2.75, 3.05) is 5.32 Å². The lowest BCUT2D eigenvalue weighted by Crippen LogP contribution is -2.43. The molecular formula is C15H25NO. The number of nitrogens with one attached hydrogen (secondary N) is 1. The Labute approximate surface area is 105 Å². The molecule has 2 N–H and O–H groups in total. The lowest BCUT2D eigenvalue weighted by Gasteiger charge is -2.39. The fourth-order valence-electron chi connectivity index (χ4n) is 1.77. The highest BCUT2D eigenvalue weighted by Crippen LogP contribution is 2.34. The zero-order valence-electron chi connectivity index (χ0n) is 11.6. The Balaban J connectivity index is 2.59. The molecule has 0 saturated carbocycles. The van der Waals surface area contributed by atoms with Gasteiger partial charge in [-0.25, -0.2) is 0 Å². The summed E-state index contributed by atoms with van der Waals surface area (Å²) >= 11 is 0. The van der Waals surface area contributed by atoms with Crippen LogP contribution in [0.15, 0.2) is 30.3 Å². The summed E-state index contributed by atoms with van der Waals surface area (Å²) in [6, 6.07) is 10.4. The molecule has 0 heterocycles. The van der Waals surface area contributed by atoms with Gasteiger partial charge in [0.2, 0.25) is 0 Å². The van der Waals surface area contributed by atoms with Crippen LogP contribution in [0.2, 0.25) is 0 Å². The fraction of sp³-hybridized carbons (Fsp3) is 0.600. The van der Waals surface area contributed by atoms with E-state index in [1.807, 2.05) is 37.3 Å². The first-order valence-electron chi connectivity index (χ1n) is 6.26. The smallest absolute Gasteiger partial charge is 0.0687 e. The molecule has 2 atom stereocenters. The Kier molecular flexibility index (Phi) is 4.21. The van der Waals surface area contributed by atoms with Crippen LogP contribution in [-0.4, -0.2) is 16.7 Å². The summed E-state index contributed by atoms with van der Waals surface area (Å²) < 4.78 is 0. The van der Waals surface area contributed by atoms with E-state index in [0.29, 0.717) is 0 Å². The molecule has 2 unspecified atom stereocenters. The zero-order chi connectivity index (χ0) is 13.1. The van der Waals surface area contributed by atoms with Crippen LogP contribution in [-0.2, 0) is 0 Å². The van der Waals surface area contributed by atoms with Crippen LogP contribution in [0.3, 0.4) is 0 Å². The number of anilines is 1. The van der Waals surface area contributed by atoms with Gasteiger partial charge in [0.25, 0.3) is 0 Å². The molecule has 1 rings (SSSR count). The van der Waals surface area contributed by atoms with Crippen LogP contribution >= 0.6 is 0 Å². The van der Waals surface area contributed by atoms with E-state index < -0.39 is 5.60 Å². The molecule has 0 aliphatic rings. The molecule has 0 radical (unpaired) electrons. The molecule has 2 nitrogen and oxygen atoms in total. The van der Waals surface area contributed by atoms with Gasteiger partial charge in [0.1, 0.15) is 0 Å². The van der Waals surface area contributed by atoms with Gasteiger partial charge < -0.3 is 10.4 Å². The molecular weight excluding hydrogens is 210 g/mol. The average Bonchev–Trinajstić information content (AvgIpc) is 2.16. The first-order valence-corrected chi connectivity index (χ1v) is 6.26. The quantitative estimate of drug-likeness (QED) is 0.834. The van der Waals surface area contributed by atoms with Crippen LogP contribution in [0, 0.1) is 5.41 Å². The van der Waals surface area contributed by atoms with Crippen molar-refractivity contribution >= 4 is 5.69 Å². The lowest BCUT2D eigenvalue weighted by atomic mass is 9.74. The Morgan fingerprint density at radius 3 is 2.12 bits per heavy atom. The third-order valence-electron chi connectivity index (χ3n) is 3.51. The maximum Gasteiger partial charge on any atom is 0.0687 e. The van der Waals surface area contributed by atoms with Crippen LogP contribution in [0.4, 0.5) is 5.69 Å². The number of hydrogen-bond donors (Lipinski definition) is 2. The summed E-state index contributed by atoms with van der Waals surface area (Å²) in [6.45, 7) is 10.2. The molecule has 17 heavy (non-hydrogen) atoms. The van der Waals surface area contributed by atoms with Gasteiger partial charge >= 0.3 is 0 Å². The number of para-hydroxylation sites is 1. The number of rotatable bonds is 4. The van der Waals surface area contributed by atoms with Gasteiger partial charge in [-0.05, 0) is 37.8 Å². The molecule has 0 spiro atoms. The van der Waals surface area contributed by atoms with Crippen LogP contribution in [0.1, 0.15) is 41.0 Å². The first kappa shape index (κ1) is 14.0. The summed E-state index contributed by atoms with van der Waals surface area (Å²) in [6.07, 6.45) is 0.728. The minimum absolute atomic E-state index is 0.111. The molecule has 0 bridgehead atoms. The summed E-state index contributed by atoms with van der Waals surface area (Å²) in [5.74, 6) is 0. The Morgan fingerprint density at radius 2 is 1.65 bits per heavy atom. The van der Waals surface area contributed by atoms with E-state index in [-0.39, 0.29) is 11.5 Å². The van der Waals surface area contributed by atoms with Gasteiger partial charge in [0, 0.05) is 11.7 Å². The van der Waals surface area contributed by atoms with Crippen molar-refractivity contribution in [1.82, 2.24) is 0 Å². The van der Waals surface area contributed by atoms with E-state index in [1.165, 1.54) is 0 Å². The molecule has 0 aromatic heterocycles. The zero-order valence-corrected chi connectivity index (χ0v) is 11.6. The van der Waals surface area contributed by atoms with Gasteiger partial charge in [-0.3, -0.25) is 0 Å². The Bertz CT molecular complexity index is 338. The second-order valence-electron chi connectivity index (χ2n) is 6.14. The van der Waals surface area contributed by atoms with Gasteiger partial charge in [-0.1, -0.05) is 39.0 Å². The maximum atomic E-state index is 10.5. The standard InChI is InChI=1S/C15H25NO/c1-12(11-15(5,17)14(2,3)4)16-13-9-7-6-8-10-13/h6-10,12,16-17H,11H2,1-5H3. The first-order chi connectivity index (χ1) is 7.72. The predicted octanol–water partition coefficient (Wildman–Crippen LogP) is 3.67. The number of aliphatic hydroxyl groups is 1. The molecule has 1 aromatic rings. The minimum atomic E-state index is -0.672. The van der Waals surface area contributed by atoms with Crippen molar-refractivity contribution in [3.8, 4) is 0 Å². The summed E-state index contributed by atoms with van der Waals surface area (Å²) in [4.78, 5) is 0.